The van der Waals surface area contributed by atoms with E-state index in [0.717, 1.165) is 5.56 Å². The molecule has 0 aliphatic carbocycles. The average Bonchev–Trinajstić information content (AvgIpc) is 2.58. The first-order chi connectivity index (χ1) is 6.42. The van der Waals surface area contributed by atoms with Gasteiger partial charge >= 0.3 is 0 Å². The standard InChI is InChI=1S/C10H15NO3/c1-9(2)10(3,4)14-8(13-9)7-5-11-12-6-7/h5-6,8H,1-4H3. The third-order valence-electron chi connectivity index (χ3n) is 2.98. The molecular weight excluding hydrogens is 182 g/mol. The predicted molar refractivity (Wildman–Crippen MR) is 49.6 cm³/mol. The van der Waals surface area contributed by atoms with Crippen molar-refractivity contribution in [1.82, 2.24) is 5.16 Å². The summed E-state index contributed by atoms with van der Waals surface area (Å²) in [6.07, 6.45) is 2.79. The minimum Gasteiger partial charge on any atom is -0.364 e. The molecule has 1 aliphatic heterocycles. The van der Waals surface area contributed by atoms with Crippen molar-refractivity contribution in [3.05, 3.63) is 18.0 Å². The van der Waals surface area contributed by atoms with Crippen LogP contribution in [0.3, 0.4) is 0 Å². The highest BCUT2D eigenvalue weighted by atomic mass is 16.7. The second-order valence-electron chi connectivity index (χ2n) is 4.55. The van der Waals surface area contributed by atoms with Gasteiger partial charge in [0.25, 0.3) is 0 Å². The Bertz CT molecular complexity index is 300. The van der Waals surface area contributed by atoms with Gasteiger partial charge in [-0.3, -0.25) is 0 Å². The Morgan fingerprint density at radius 2 is 1.71 bits per heavy atom. The van der Waals surface area contributed by atoms with Crippen molar-refractivity contribution < 1.29 is 14.0 Å². The summed E-state index contributed by atoms with van der Waals surface area (Å²) in [7, 11) is 0. The SMILES string of the molecule is CC1(C)OC(c2cnoc2)OC1(C)C. The zero-order valence-electron chi connectivity index (χ0n) is 8.90. The zero-order chi connectivity index (χ0) is 10.4. The maximum Gasteiger partial charge on any atom is 0.190 e. The van der Waals surface area contributed by atoms with Gasteiger partial charge in [-0.15, -0.1) is 0 Å². The van der Waals surface area contributed by atoms with Crippen molar-refractivity contribution in [2.75, 3.05) is 0 Å². The van der Waals surface area contributed by atoms with Gasteiger partial charge < -0.3 is 14.0 Å². The predicted octanol–water partition coefficient (Wildman–Crippen LogP) is 2.28. The van der Waals surface area contributed by atoms with Crippen LogP contribution in [0.5, 0.6) is 0 Å². The summed E-state index contributed by atoms with van der Waals surface area (Å²) in [6.45, 7) is 8.06. The maximum atomic E-state index is 5.79. The first kappa shape index (κ1) is 9.68. The van der Waals surface area contributed by atoms with Gasteiger partial charge in [0, 0.05) is 0 Å². The van der Waals surface area contributed by atoms with E-state index in [4.69, 9.17) is 14.0 Å². The fourth-order valence-electron chi connectivity index (χ4n) is 1.31. The number of nitrogens with zero attached hydrogens (tertiary/aromatic N) is 1. The van der Waals surface area contributed by atoms with Crippen LogP contribution in [0.15, 0.2) is 17.0 Å². The number of ether oxygens (including phenoxy) is 2. The van der Waals surface area contributed by atoms with E-state index in [2.05, 4.69) is 5.16 Å². The van der Waals surface area contributed by atoms with Gasteiger partial charge in [-0.2, -0.15) is 0 Å². The Balaban J connectivity index is 2.22. The molecule has 0 atom stereocenters. The van der Waals surface area contributed by atoms with Gasteiger partial charge in [0.15, 0.2) is 6.29 Å². The third kappa shape index (κ3) is 1.35. The molecule has 1 aromatic rings. The molecule has 2 heterocycles. The lowest BCUT2D eigenvalue weighted by Gasteiger charge is -2.30. The Morgan fingerprint density at radius 3 is 2.14 bits per heavy atom. The van der Waals surface area contributed by atoms with Crippen molar-refractivity contribution in [2.45, 2.75) is 45.2 Å². The number of rotatable bonds is 1. The normalized spacial score (nSPS) is 25.4. The molecule has 0 saturated carbocycles. The number of hydrogen-bond acceptors (Lipinski definition) is 4. The van der Waals surface area contributed by atoms with Crippen LogP contribution in [0.4, 0.5) is 0 Å². The van der Waals surface area contributed by atoms with E-state index < -0.39 is 0 Å². The van der Waals surface area contributed by atoms with E-state index >= 15 is 0 Å². The molecule has 0 radical (unpaired) electrons. The minimum absolute atomic E-state index is 0.311. The largest absolute Gasteiger partial charge is 0.364 e. The van der Waals surface area contributed by atoms with Crippen LogP contribution in [0.25, 0.3) is 0 Å². The lowest BCUT2D eigenvalue weighted by atomic mass is 9.90. The Morgan fingerprint density at radius 1 is 1.14 bits per heavy atom. The second-order valence-corrected chi connectivity index (χ2v) is 4.55. The molecule has 0 aromatic carbocycles. The molecule has 1 aliphatic rings. The van der Waals surface area contributed by atoms with E-state index in [1.54, 1.807) is 12.5 Å². The average molecular weight is 197 g/mol. The highest BCUT2D eigenvalue weighted by Gasteiger charge is 2.49. The summed E-state index contributed by atoms with van der Waals surface area (Å²) in [5.41, 5.74) is 0.202. The van der Waals surface area contributed by atoms with Crippen LogP contribution in [0, 0.1) is 0 Å². The van der Waals surface area contributed by atoms with Crippen LogP contribution in [0.1, 0.15) is 39.5 Å². The molecule has 78 valence electrons. The number of hydrogen-bond donors (Lipinski definition) is 0. The summed E-state index contributed by atoms with van der Waals surface area (Å²) in [5, 5.41) is 3.63. The van der Waals surface area contributed by atoms with E-state index in [1.165, 1.54) is 0 Å². The molecule has 0 N–H and O–H groups in total. The summed E-state index contributed by atoms with van der Waals surface area (Å²) in [5.74, 6) is 0. The first-order valence-electron chi connectivity index (χ1n) is 4.67. The van der Waals surface area contributed by atoms with E-state index in [9.17, 15) is 0 Å². The van der Waals surface area contributed by atoms with Crippen LogP contribution in [-0.4, -0.2) is 16.4 Å². The van der Waals surface area contributed by atoms with Crippen molar-refractivity contribution in [1.29, 1.82) is 0 Å². The molecule has 1 saturated heterocycles. The fraction of sp³-hybridized carbons (Fsp3) is 0.700. The highest BCUT2D eigenvalue weighted by Crippen LogP contribution is 2.44. The third-order valence-corrected chi connectivity index (χ3v) is 2.98. The van der Waals surface area contributed by atoms with Gasteiger partial charge in [0.05, 0.1) is 23.0 Å². The molecule has 4 heteroatoms. The van der Waals surface area contributed by atoms with Gasteiger partial charge in [-0.05, 0) is 27.7 Å². The van der Waals surface area contributed by atoms with E-state index in [-0.39, 0.29) is 17.5 Å². The van der Waals surface area contributed by atoms with Gasteiger partial charge in [-0.25, -0.2) is 0 Å². The molecule has 1 aromatic heterocycles. The van der Waals surface area contributed by atoms with Gasteiger partial charge in [0.1, 0.15) is 6.26 Å². The number of aromatic nitrogens is 1. The Kier molecular flexibility index (Phi) is 1.94. The summed E-state index contributed by atoms with van der Waals surface area (Å²) in [6, 6.07) is 0. The molecule has 1 fully saturated rings. The monoisotopic (exact) mass is 197 g/mol. The lowest BCUT2D eigenvalue weighted by molar-refractivity contribution is -0.0898. The van der Waals surface area contributed by atoms with Crippen molar-refractivity contribution in [2.24, 2.45) is 0 Å². The molecule has 0 bridgehead atoms. The minimum atomic E-state index is -0.369. The Labute approximate surface area is 83.2 Å². The molecule has 0 spiro atoms. The lowest BCUT2D eigenvalue weighted by Crippen LogP contribution is -2.41. The summed E-state index contributed by atoms with van der Waals surface area (Å²) >= 11 is 0. The zero-order valence-corrected chi connectivity index (χ0v) is 8.90. The van der Waals surface area contributed by atoms with Crippen molar-refractivity contribution in [3.8, 4) is 0 Å². The van der Waals surface area contributed by atoms with Crippen molar-refractivity contribution in [3.63, 3.8) is 0 Å². The molecule has 2 rings (SSSR count). The summed E-state index contributed by atoms with van der Waals surface area (Å²) in [4.78, 5) is 0. The van der Waals surface area contributed by atoms with E-state index in [1.807, 2.05) is 27.7 Å². The molecule has 14 heavy (non-hydrogen) atoms. The Hall–Kier alpha value is -0.870. The molecule has 0 unspecified atom stereocenters. The van der Waals surface area contributed by atoms with Gasteiger partial charge in [-0.1, -0.05) is 5.16 Å². The summed E-state index contributed by atoms with van der Waals surface area (Å²) < 4.78 is 16.3. The van der Waals surface area contributed by atoms with Gasteiger partial charge in [0.2, 0.25) is 0 Å². The maximum absolute atomic E-state index is 5.79. The topological polar surface area (TPSA) is 44.5 Å². The van der Waals surface area contributed by atoms with Crippen LogP contribution in [0.2, 0.25) is 0 Å². The second kappa shape index (κ2) is 2.81. The molecule has 4 nitrogen and oxygen atoms in total. The quantitative estimate of drug-likeness (QED) is 0.692. The molecular formula is C10H15NO3. The smallest absolute Gasteiger partial charge is 0.190 e. The fourth-order valence-corrected chi connectivity index (χ4v) is 1.31. The van der Waals surface area contributed by atoms with Crippen molar-refractivity contribution >= 4 is 0 Å². The highest BCUT2D eigenvalue weighted by molar-refractivity contribution is 5.07. The first-order valence-corrected chi connectivity index (χ1v) is 4.67. The van der Waals surface area contributed by atoms with Crippen LogP contribution < -0.4 is 0 Å². The molecule has 0 amide bonds. The van der Waals surface area contributed by atoms with Crippen LogP contribution >= 0.6 is 0 Å². The van der Waals surface area contributed by atoms with Crippen LogP contribution in [-0.2, 0) is 9.47 Å². The van der Waals surface area contributed by atoms with E-state index in [0.29, 0.717) is 0 Å².